The van der Waals surface area contributed by atoms with Gasteiger partial charge in [-0.3, -0.25) is 14.4 Å². The number of nitrogens with zero attached hydrogens (tertiary/aromatic N) is 1. The molecule has 0 aliphatic heterocycles. The lowest BCUT2D eigenvalue weighted by molar-refractivity contribution is -0.144. The van der Waals surface area contributed by atoms with E-state index < -0.39 is 35.6 Å². The van der Waals surface area contributed by atoms with Crippen molar-refractivity contribution in [1.82, 2.24) is 15.5 Å². The normalized spacial score (nSPS) is 13.0. The zero-order valence-corrected chi connectivity index (χ0v) is 22.1. The third-order valence-corrected chi connectivity index (χ3v) is 5.32. The number of nitrogens with one attached hydrogen (secondary N) is 2. The summed E-state index contributed by atoms with van der Waals surface area (Å²) in [5.41, 5.74) is 6.09. The Balaban J connectivity index is 3.43. The van der Waals surface area contributed by atoms with E-state index in [2.05, 4.69) is 10.6 Å². The summed E-state index contributed by atoms with van der Waals surface area (Å²) in [6.45, 7) is 13.1. The summed E-state index contributed by atoms with van der Waals surface area (Å²) >= 11 is 0. The highest BCUT2D eigenvalue weighted by Gasteiger charge is 2.38. The number of unbranched alkanes of at least 4 members (excludes halogenated alkanes) is 1. The number of aryl methyl sites for hydroxylation is 1. The van der Waals surface area contributed by atoms with Gasteiger partial charge in [0.15, 0.2) is 0 Å². The van der Waals surface area contributed by atoms with E-state index in [1.165, 1.54) is 4.90 Å². The van der Waals surface area contributed by atoms with Crippen molar-refractivity contribution >= 4 is 23.8 Å². The Bertz CT molecular complexity index is 879. The van der Waals surface area contributed by atoms with Crippen LogP contribution in [0.1, 0.15) is 84.4 Å². The van der Waals surface area contributed by atoms with Gasteiger partial charge in [0.2, 0.25) is 17.7 Å². The monoisotopic (exact) mass is 490 g/mol. The number of nitrogens with two attached hydrogens (primary N) is 1. The van der Waals surface area contributed by atoms with E-state index in [-0.39, 0.29) is 24.8 Å². The highest BCUT2D eigenvalue weighted by atomic mass is 16.6. The van der Waals surface area contributed by atoms with Gasteiger partial charge in [0.25, 0.3) is 0 Å². The van der Waals surface area contributed by atoms with Crippen molar-refractivity contribution in [2.45, 2.75) is 97.9 Å². The highest BCUT2D eigenvalue weighted by molar-refractivity contribution is 5.92. The second-order valence-corrected chi connectivity index (χ2v) is 9.95. The fraction of sp³-hybridized carbons (Fsp3) is 0.615. The first-order valence-electron chi connectivity index (χ1n) is 12.2. The van der Waals surface area contributed by atoms with Crippen LogP contribution in [0.2, 0.25) is 0 Å². The summed E-state index contributed by atoms with van der Waals surface area (Å²) in [5.74, 6) is -1.40. The lowest BCUT2D eigenvalue weighted by atomic mass is 9.96. The maximum absolute atomic E-state index is 13.9. The summed E-state index contributed by atoms with van der Waals surface area (Å²) in [5, 5.41) is 5.53. The van der Waals surface area contributed by atoms with Crippen molar-refractivity contribution in [1.29, 1.82) is 0 Å². The first-order valence-corrected chi connectivity index (χ1v) is 12.2. The summed E-state index contributed by atoms with van der Waals surface area (Å²) < 4.78 is 5.33. The van der Waals surface area contributed by atoms with Crippen LogP contribution in [-0.2, 0) is 19.1 Å². The molecule has 0 aliphatic carbocycles. The minimum absolute atomic E-state index is 0.0193. The van der Waals surface area contributed by atoms with E-state index in [1.807, 2.05) is 38.1 Å². The number of hydrogen-bond donors (Lipinski definition) is 3. The fourth-order valence-electron chi connectivity index (χ4n) is 3.65. The molecule has 4 amide bonds. The summed E-state index contributed by atoms with van der Waals surface area (Å²) in [7, 11) is 0. The number of hydrogen-bond acceptors (Lipinski definition) is 5. The van der Waals surface area contributed by atoms with Crippen LogP contribution in [0.5, 0.6) is 0 Å². The average molecular weight is 491 g/mol. The van der Waals surface area contributed by atoms with Crippen molar-refractivity contribution in [2.24, 2.45) is 5.73 Å². The number of amides is 4. The molecule has 0 fully saturated rings. The van der Waals surface area contributed by atoms with Gasteiger partial charge in [0.1, 0.15) is 17.7 Å². The van der Waals surface area contributed by atoms with Crippen LogP contribution in [0, 0.1) is 6.92 Å². The second kappa shape index (κ2) is 13.7. The van der Waals surface area contributed by atoms with Gasteiger partial charge in [0.05, 0.1) is 0 Å². The quantitative estimate of drug-likeness (QED) is 0.387. The Hall–Kier alpha value is -3.10. The molecule has 0 aromatic heterocycles. The molecule has 0 radical (unpaired) electrons. The molecular weight excluding hydrogens is 448 g/mol. The first kappa shape index (κ1) is 29.9. The predicted octanol–water partition coefficient (Wildman–Crippen LogP) is 3.35. The number of carbonyl (C=O) groups excluding carboxylic acids is 4. The molecule has 1 aromatic rings. The van der Waals surface area contributed by atoms with Gasteiger partial charge >= 0.3 is 6.09 Å². The molecule has 0 spiro atoms. The largest absolute Gasteiger partial charge is 0.444 e. The van der Waals surface area contributed by atoms with Gasteiger partial charge in [-0.15, -0.1) is 0 Å². The number of primary amides is 1. The number of alkyl carbamates (subject to hydrolysis) is 1. The van der Waals surface area contributed by atoms with Crippen molar-refractivity contribution in [3.63, 3.8) is 0 Å². The lowest BCUT2D eigenvalue weighted by Gasteiger charge is -2.37. The van der Waals surface area contributed by atoms with Gasteiger partial charge in [-0.2, -0.15) is 0 Å². The second-order valence-electron chi connectivity index (χ2n) is 9.95. The first-order chi connectivity index (χ1) is 16.3. The van der Waals surface area contributed by atoms with Crippen LogP contribution in [-0.4, -0.2) is 52.9 Å². The predicted molar refractivity (Wildman–Crippen MR) is 135 cm³/mol. The third kappa shape index (κ3) is 9.96. The number of ether oxygens (including phenoxy) is 1. The minimum atomic E-state index is -1.10. The Morgan fingerprint density at radius 1 is 1.11 bits per heavy atom. The lowest BCUT2D eigenvalue weighted by Crippen LogP contribution is -2.55. The van der Waals surface area contributed by atoms with E-state index in [0.717, 1.165) is 18.4 Å². The molecule has 196 valence electrons. The maximum Gasteiger partial charge on any atom is 0.408 e. The van der Waals surface area contributed by atoms with E-state index >= 15 is 0 Å². The van der Waals surface area contributed by atoms with Gasteiger partial charge < -0.3 is 26.0 Å². The Morgan fingerprint density at radius 2 is 1.74 bits per heavy atom. The third-order valence-electron chi connectivity index (χ3n) is 5.32. The molecule has 0 saturated carbocycles. The molecular formula is C26H42N4O5. The molecule has 2 unspecified atom stereocenters. The van der Waals surface area contributed by atoms with Gasteiger partial charge in [-0.25, -0.2) is 4.79 Å². The molecule has 35 heavy (non-hydrogen) atoms. The van der Waals surface area contributed by atoms with Crippen LogP contribution in [0.15, 0.2) is 24.3 Å². The van der Waals surface area contributed by atoms with Crippen LogP contribution < -0.4 is 16.4 Å². The molecule has 1 aromatic carbocycles. The van der Waals surface area contributed by atoms with Gasteiger partial charge in [-0.05, 0) is 65.5 Å². The van der Waals surface area contributed by atoms with Crippen LogP contribution in [0.3, 0.4) is 0 Å². The van der Waals surface area contributed by atoms with Gasteiger partial charge in [0, 0.05) is 19.0 Å². The summed E-state index contributed by atoms with van der Waals surface area (Å²) in [6, 6.07) is 4.98. The molecule has 9 nitrogen and oxygen atoms in total. The standard InChI is InChI=1S/C26H42N4O5/c1-8-9-16-28-23(32)22(19-13-11-10-12-18(19)4)30(17(2)3)24(33)20(14-15-21(27)31)29-25(34)35-26(5,6)7/h10-13,17,20,22H,8-9,14-16H2,1-7H3,(H2,27,31)(H,28,32)(H,29,34). The van der Waals surface area contributed by atoms with Crippen LogP contribution in [0.4, 0.5) is 4.79 Å². The van der Waals surface area contributed by atoms with E-state index in [1.54, 1.807) is 34.6 Å². The summed E-state index contributed by atoms with van der Waals surface area (Å²) in [4.78, 5) is 52.8. The number of benzene rings is 1. The molecule has 0 heterocycles. The smallest absolute Gasteiger partial charge is 0.408 e. The molecule has 1 rings (SSSR count). The topological polar surface area (TPSA) is 131 Å². The molecule has 4 N–H and O–H groups in total. The molecule has 0 bridgehead atoms. The zero-order chi connectivity index (χ0) is 26.8. The average Bonchev–Trinajstić information content (AvgIpc) is 2.73. The number of rotatable bonds is 12. The van der Waals surface area contributed by atoms with Crippen molar-refractivity contribution in [3.05, 3.63) is 35.4 Å². The Kier molecular flexibility index (Phi) is 11.7. The maximum atomic E-state index is 13.9. The van der Waals surface area contributed by atoms with Gasteiger partial charge in [-0.1, -0.05) is 37.6 Å². The van der Waals surface area contributed by atoms with Crippen LogP contribution >= 0.6 is 0 Å². The van der Waals surface area contributed by atoms with Crippen molar-refractivity contribution < 1.29 is 23.9 Å². The SMILES string of the molecule is CCCCNC(=O)C(c1ccccc1C)N(C(=O)C(CCC(N)=O)NC(=O)OC(C)(C)C)C(C)C. The summed E-state index contributed by atoms with van der Waals surface area (Å²) in [6.07, 6.45) is 0.800. The molecule has 9 heteroatoms. The zero-order valence-electron chi connectivity index (χ0n) is 22.1. The Labute approximate surface area is 209 Å². The molecule has 0 aliphatic rings. The molecule has 2 atom stereocenters. The number of carbonyl (C=O) groups is 4. The van der Waals surface area contributed by atoms with E-state index in [0.29, 0.717) is 12.1 Å². The van der Waals surface area contributed by atoms with Crippen LogP contribution in [0.25, 0.3) is 0 Å². The molecule has 0 saturated heterocycles. The van der Waals surface area contributed by atoms with E-state index in [9.17, 15) is 19.2 Å². The minimum Gasteiger partial charge on any atom is -0.444 e. The van der Waals surface area contributed by atoms with E-state index in [4.69, 9.17) is 10.5 Å². The highest BCUT2D eigenvalue weighted by Crippen LogP contribution is 2.28. The fourth-order valence-corrected chi connectivity index (χ4v) is 3.65. The Morgan fingerprint density at radius 3 is 2.26 bits per heavy atom. The van der Waals surface area contributed by atoms with Crippen molar-refractivity contribution in [3.8, 4) is 0 Å². The van der Waals surface area contributed by atoms with Crippen molar-refractivity contribution in [2.75, 3.05) is 6.54 Å².